The van der Waals surface area contributed by atoms with Gasteiger partial charge in [0.25, 0.3) is 0 Å². The zero-order valence-corrected chi connectivity index (χ0v) is 18.6. The van der Waals surface area contributed by atoms with Crippen LogP contribution in [0.25, 0.3) is 22.1 Å². The van der Waals surface area contributed by atoms with Crippen molar-refractivity contribution in [3.8, 4) is 11.5 Å². The number of aromatic nitrogens is 4. The van der Waals surface area contributed by atoms with Crippen molar-refractivity contribution in [3.63, 3.8) is 0 Å². The van der Waals surface area contributed by atoms with Crippen LogP contribution >= 0.6 is 11.8 Å². The summed E-state index contributed by atoms with van der Waals surface area (Å²) < 4.78 is 12.6. The third kappa shape index (κ3) is 4.00. The van der Waals surface area contributed by atoms with Crippen molar-refractivity contribution in [1.82, 2.24) is 19.7 Å². The Bertz CT molecular complexity index is 1250. The van der Waals surface area contributed by atoms with Gasteiger partial charge in [-0.15, -0.1) is 10.2 Å². The van der Waals surface area contributed by atoms with Crippen LogP contribution in [0, 0.1) is 0 Å². The van der Waals surface area contributed by atoms with Gasteiger partial charge < -0.3 is 19.4 Å². The predicted molar refractivity (Wildman–Crippen MR) is 122 cm³/mol. The topological polar surface area (TPSA) is 91.2 Å². The monoisotopic (exact) mass is 437 g/mol. The molecular weight excluding hydrogens is 414 g/mol. The molecule has 2 aromatic carbocycles. The van der Waals surface area contributed by atoms with Crippen molar-refractivity contribution >= 4 is 45.4 Å². The van der Waals surface area contributed by atoms with Crippen molar-refractivity contribution in [2.75, 3.05) is 25.3 Å². The molecule has 4 aromatic rings. The molecule has 0 aliphatic heterocycles. The van der Waals surface area contributed by atoms with E-state index < -0.39 is 0 Å². The van der Waals surface area contributed by atoms with Crippen LogP contribution in [-0.2, 0) is 18.3 Å². The van der Waals surface area contributed by atoms with Gasteiger partial charge >= 0.3 is 0 Å². The van der Waals surface area contributed by atoms with Gasteiger partial charge in [-0.25, -0.2) is 4.98 Å². The normalized spacial score (nSPS) is 11.1. The van der Waals surface area contributed by atoms with Crippen LogP contribution in [0.2, 0.25) is 0 Å². The highest BCUT2D eigenvalue weighted by Gasteiger charge is 2.16. The molecule has 0 fully saturated rings. The van der Waals surface area contributed by atoms with Gasteiger partial charge in [0.1, 0.15) is 22.7 Å². The molecule has 2 heterocycles. The van der Waals surface area contributed by atoms with E-state index in [1.807, 2.05) is 11.6 Å². The van der Waals surface area contributed by atoms with Crippen LogP contribution in [0.4, 0.5) is 5.69 Å². The van der Waals surface area contributed by atoms with Crippen molar-refractivity contribution < 1.29 is 14.3 Å². The third-order valence-electron chi connectivity index (χ3n) is 5.08. The average molecular weight is 438 g/mol. The standard InChI is InChI=1S/C22H23N5O3S/c1-5-13-9-10-15-14(11-13)19-21(27(15)2)24-22(26-25-19)31-12-18(28)23-20-16(29-3)7-6-8-17(20)30-4/h6-11H,5,12H2,1-4H3,(H,23,28). The summed E-state index contributed by atoms with van der Waals surface area (Å²) in [6.07, 6.45) is 0.952. The fourth-order valence-corrected chi connectivity index (χ4v) is 4.03. The predicted octanol–water partition coefficient (Wildman–Crippen LogP) is 3.83. The number of nitrogens with one attached hydrogen (secondary N) is 1. The Morgan fingerprint density at radius 3 is 2.55 bits per heavy atom. The highest BCUT2D eigenvalue weighted by atomic mass is 32.2. The van der Waals surface area contributed by atoms with Crippen LogP contribution in [0.1, 0.15) is 12.5 Å². The maximum atomic E-state index is 12.5. The first-order valence-electron chi connectivity index (χ1n) is 9.81. The van der Waals surface area contributed by atoms with Crippen LogP contribution in [-0.4, -0.2) is 45.6 Å². The Morgan fingerprint density at radius 2 is 1.87 bits per heavy atom. The number of methoxy groups -OCH3 is 2. The summed E-state index contributed by atoms with van der Waals surface area (Å²) in [5.41, 5.74) is 4.29. The second-order valence-corrected chi connectivity index (χ2v) is 7.85. The van der Waals surface area contributed by atoms with E-state index in [4.69, 9.17) is 9.47 Å². The Morgan fingerprint density at radius 1 is 1.13 bits per heavy atom. The summed E-state index contributed by atoms with van der Waals surface area (Å²) in [6.45, 7) is 2.12. The van der Waals surface area contributed by atoms with Crippen molar-refractivity contribution in [1.29, 1.82) is 0 Å². The van der Waals surface area contributed by atoms with Gasteiger partial charge in [-0.1, -0.05) is 30.8 Å². The number of carbonyl (C=O) groups excluding carboxylic acids is 1. The first-order valence-corrected chi connectivity index (χ1v) is 10.8. The fourth-order valence-electron chi connectivity index (χ4n) is 3.45. The summed E-state index contributed by atoms with van der Waals surface area (Å²) >= 11 is 1.22. The zero-order valence-electron chi connectivity index (χ0n) is 17.8. The van der Waals surface area contributed by atoms with E-state index in [0.29, 0.717) is 22.3 Å². The number of nitrogens with zero attached hydrogens (tertiary/aromatic N) is 4. The maximum absolute atomic E-state index is 12.5. The van der Waals surface area contributed by atoms with E-state index in [1.165, 1.54) is 17.3 Å². The van der Waals surface area contributed by atoms with Gasteiger partial charge in [-0.2, -0.15) is 0 Å². The number of ether oxygens (including phenoxy) is 2. The number of thioether (sulfide) groups is 1. The van der Waals surface area contributed by atoms with E-state index in [1.54, 1.807) is 32.4 Å². The molecule has 0 spiro atoms. The lowest BCUT2D eigenvalue weighted by atomic mass is 10.1. The molecule has 1 amide bonds. The molecule has 4 rings (SSSR count). The van der Waals surface area contributed by atoms with Crippen LogP contribution in [0.3, 0.4) is 0 Å². The molecule has 8 nitrogen and oxygen atoms in total. The highest BCUT2D eigenvalue weighted by molar-refractivity contribution is 7.99. The van der Waals surface area contributed by atoms with E-state index in [2.05, 4.69) is 45.6 Å². The smallest absolute Gasteiger partial charge is 0.235 e. The molecule has 0 bridgehead atoms. The molecule has 2 aromatic heterocycles. The summed E-state index contributed by atoms with van der Waals surface area (Å²) in [6, 6.07) is 11.6. The molecule has 0 aliphatic rings. The van der Waals surface area contributed by atoms with Gasteiger partial charge in [0.15, 0.2) is 5.65 Å². The molecule has 0 aliphatic carbocycles. The minimum absolute atomic E-state index is 0.123. The van der Waals surface area contributed by atoms with Crippen molar-refractivity contribution in [2.45, 2.75) is 18.5 Å². The first-order chi connectivity index (χ1) is 15.0. The summed E-state index contributed by atoms with van der Waals surface area (Å²) in [5, 5.41) is 12.9. The maximum Gasteiger partial charge on any atom is 0.235 e. The van der Waals surface area contributed by atoms with E-state index in [-0.39, 0.29) is 11.7 Å². The third-order valence-corrected chi connectivity index (χ3v) is 5.91. The molecule has 31 heavy (non-hydrogen) atoms. The lowest BCUT2D eigenvalue weighted by molar-refractivity contribution is -0.113. The Hall–Kier alpha value is -3.33. The number of benzene rings is 2. The van der Waals surface area contributed by atoms with E-state index >= 15 is 0 Å². The highest BCUT2D eigenvalue weighted by Crippen LogP contribution is 2.34. The Kier molecular flexibility index (Phi) is 5.94. The number of rotatable bonds is 7. The van der Waals surface area contributed by atoms with Gasteiger partial charge in [0.05, 0.1) is 25.5 Å². The van der Waals surface area contributed by atoms with Gasteiger partial charge in [-0.3, -0.25) is 4.79 Å². The minimum Gasteiger partial charge on any atom is -0.494 e. The lowest BCUT2D eigenvalue weighted by Gasteiger charge is -2.13. The molecule has 0 unspecified atom stereocenters. The summed E-state index contributed by atoms with van der Waals surface area (Å²) in [4.78, 5) is 17.2. The average Bonchev–Trinajstić information content (AvgIpc) is 3.08. The van der Waals surface area contributed by atoms with Gasteiger partial charge in [-0.05, 0) is 36.2 Å². The van der Waals surface area contributed by atoms with E-state index in [0.717, 1.165) is 28.5 Å². The number of aryl methyl sites for hydroxylation is 2. The molecule has 0 saturated heterocycles. The quantitative estimate of drug-likeness (QED) is 0.439. The van der Waals surface area contributed by atoms with Gasteiger partial charge in [0.2, 0.25) is 11.1 Å². The summed E-state index contributed by atoms with van der Waals surface area (Å²) in [5.74, 6) is 0.956. The number of carbonyl (C=O) groups is 1. The molecule has 1 N–H and O–H groups in total. The van der Waals surface area contributed by atoms with Crippen molar-refractivity contribution in [3.05, 3.63) is 42.0 Å². The second kappa shape index (κ2) is 8.81. The zero-order chi connectivity index (χ0) is 22.0. The van der Waals surface area contributed by atoms with E-state index in [9.17, 15) is 4.79 Å². The first kappa shape index (κ1) is 20.9. The number of para-hydroxylation sites is 1. The molecule has 9 heteroatoms. The largest absolute Gasteiger partial charge is 0.494 e. The molecule has 0 saturated carbocycles. The second-order valence-electron chi connectivity index (χ2n) is 6.91. The van der Waals surface area contributed by atoms with Crippen LogP contribution < -0.4 is 14.8 Å². The SMILES string of the molecule is CCc1ccc2c(c1)c1nnc(SCC(=O)Nc3c(OC)cccc3OC)nc1n2C. The molecule has 160 valence electrons. The van der Waals surface area contributed by atoms with Crippen LogP contribution in [0.15, 0.2) is 41.6 Å². The summed E-state index contributed by atoms with van der Waals surface area (Å²) in [7, 11) is 5.04. The number of hydrogen-bond acceptors (Lipinski definition) is 7. The number of anilines is 1. The number of fused-ring (bicyclic) bond motifs is 3. The molecule has 0 radical (unpaired) electrons. The van der Waals surface area contributed by atoms with Gasteiger partial charge in [0, 0.05) is 12.4 Å². The number of hydrogen-bond donors (Lipinski definition) is 1. The number of amides is 1. The molecular formula is C22H23N5O3S. The van der Waals surface area contributed by atoms with Crippen LogP contribution in [0.5, 0.6) is 11.5 Å². The van der Waals surface area contributed by atoms with Crippen molar-refractivity contribution in [2.24, 2.45) is 7.05 Å². The Labute approximate surface area is 184 Å². The molecule has 0 atom stereocenters. The minimum atomic E-state index is -0.221. The Balaban J connectivity index is 1.54. The lowest BCUT2D eigenvalue weighted by Crippen LogP contribution is -2.15. The fraction of sp³-hybridized carbons (Fsp3) is 0.273.